The van der Waals surface area contributed by atoms with Gasteiger partial charge in [-0.3, -0.25) is 9.69 Å². The minimum atomic E-state index is -0.575. The van der Waals surface area contributed by atoms with Gasteiger partial charge in [0.25, 0.3) is 0 Å². The smallest absolute Gasteiger partial charge is 0.323 e. The third-order valence-electron chi connectivity index (χ3n) is 5.40. The number of hydrogen-bond donors (Lipinski definition) is 1. The number of esters is 1. The Hall–Kier alpha value is -3.17. The van der Waals surface area contributed by atoms with Gasteiger partial charge in [0, 0.05) is 24.4 Å². The molecule has 0 spiro atoms. The molecule has 0 amide bonds. The first-order valence-electron chi connectivity index (χ1n) is 9.89. The van der Waals surface area contributed by atoms with Crippen molar-refractivity contribution in [2.75, 3.05) is 33.1 Å². The highest BCUT2D eigenvalue weighted by Gasteiger charge is 2.36. The largest absolute Gasteiger partial charge is 0.493 e. The van der Waals surface area contributed by atoms with Crippen LogP contribution in [0.15, 0.2) is 36.7 Å². The summed E-state index contributed by atoms with van der Waals surface area (Å²) in [7, 11) is 4.75. The van der Waals surface area contributed by atoms with Crippen LogP contribution in [0.5, 0.6) is 11.5 Å². The molecule has 1 aliphatic rings. The molecule has 0 aliphatic carbocycles. The maximum atomic E-state index is 14.4. The SMILES string of the molecule is COC(=O)[C@@H]1C[C@@H](Oc2cc3c(Nc4cccc(Cl)c4F)ncnc3cc2OC)CN1C. The number of rotatable bonds is 6. The van der Waals surface area contributed by atoms with Gasteiger partial charge in [0.05, 0.1) is 30.4 Å². The number of halogens is 2. The van der Waals surface area contributed by atoms with Crippen LogP contribution in [-0.2, 0) is 9.53 Å². The van der Waals surface area contributed by atoms with Gasteiger partial charge in [-0.05, 0) is 25.2 Å². The molecule has 3 aromatic rings. The van der Waals surface area contributed by atoms with Crippen molar-refractivity contribution < 1.29 is 23.4 Å². The van der Waals surface area contributed by atoms with E-state index in [0.717, 1.165) is 0 Å². The summed E-state index contributed by atoms with van der Waals surface area (Å²) in [6.45, 7) is 0.547. The van der Waals surface area contributed by atoms with Crippen molar-refractivity contribution in [2.24, 2.45) is 0 Å². The summed E-state index contributed by atoms with van der Waals surface area (Å²) < 4.78 is 31.0. The Labute approximate surface area is 189 Å². The fraction of sp³-hybridized carbons (Fsp3) is 0.318. The Morgan fingerprint density at radius 1 is 1.25 bits per heavy atom. The molecular weight excluding hydrogens is 439 g/mol. The summed E-state index contributed by atoms with van der Waals surface area (Å²) in [6, 6.07) is 7.77. The fourth-order valence-electron chi connectivity index (χ4n) is 3.77. The molecule has 168 valence electrons. The molecule has 4 rings (SSSR count). The van der Waals surface area contributed by atoms with Crippen LogP contribution in [0.25, 0.3) is 10.9 Å². The van der Waals surface area contributed by atoms with Crippen LogP contribution in [0.4, 0.5) is 15.9 Å². The zero-order valence-corrected chi connectivity index (χ0v) is 18.5. The van der Waals surface area contributed by atoms with Crippen molar-refractivity contribution >= 4 is 40.0 Å². The minimum absolute atomic E-state index is 0.00423. The molecule has 32 heavy (non-hydrogen) atoms. The van der Waals surface area contributed by atoms with Crippen molar-refractivity contribution in [2.45, 2.75) is 18.6 Å². The number of hydrogen-bond acceptors (Lipinski definition) is 8. The number of likely N-dealkylation sites (tertiary alicyclic amines) is 1. The lowest BCUT2D eigenvalue weighted by Gasteiger charge is -2.17. The van der Waals surface area contributed by atoms with Gasteiger partial charge >= 0.3 is 5.97 Å². The lowest BCUT2D eigenvalue weighted by molar-refractivity contribution is -0.145. The Bertz CT molecular complexity index is 1160. The number of nitrogens with one attached hydrogen (secondary N) is 1. The summed E-state index contributed by atoms with van der Waals surface area (Å²) in [5.41, 5.74) is 0.777. The van der Waals surface area contributed by atoms with E-state index in [1.807, 2.05) is 11.9 Å². The zero-order valence-electron chi connectivity index (χ0n) is 17.8. The van der Waals surface area contributed by atoms with Crippen LogP contribution in [0.2, 0.25) is 5.02 Å². The third-order valence-corrected chi connectivity index (χ3v) is 5.69. The number of ether oxygens (including phenoxy) is 3. The second-order valence-electron chi connectivity index (χ2n) is 7.42. The minimum Gasteiger partial charge on any atom is -0.493 e. The van der Waals surface area contributed by atoms with Crippen molar-refractivity contribution in [1.82, 2.24) is 14.9 Å². The average molecular weight is 461 g/mol. The summed E-state index contributed by atoms with van der Waals surface area (Å²) in [4.78, 5) is 22.4. The van der Waals surface area contributed by atoms with E-state index in [0.29, 0.717) is 41.2 Å². The van der Waals surface area contributed by atoms with Gasteiger partial charge < -0.3 is 19.5 Å². The van der Waals surface area contributed by atoms with E-state index in [-0.39, 0.29) is 28.8 Å². The standard InChI is InChI=1S/C22H22ClFN4O4/c1-28-10-12(7-17(28)22(29)31-3)32-19-8-13-16(9-18(19)30-2)25-11-26-21(13)27-15-6-4-5-14(23)20(15)24/h4-6,8-9,11-12,17H,7,10H2,1-3H3,(H,25,26,27)/t12-,17+/m1/s1. The van der Waals surface area contributed by atoms with Crippen LogP contribution in [0.1, 0.15) is 6.42 Å². The van der Waals surface area contributed by atoms with Gasteiger partial charge in [0.1, 0.15) is 24.3 Å². The first-order chi connectivity index (χ1) is 15.4. The molecule has 0 bridgehead atoms. The summed E-state index contributed by atoms with van der Waals surface area (Å²) >= 11 is 5.89. The first kappa shape index (κ1) is 22.0. The second-order valence-corrected chi connectivity index (χ2v) is 7.83. The van der Waals surface area contributed by atoms with Crippen LogP contribution >= 0.6 is 11.6 Å². The molecule has 1 aliphatic heterocycles. The number of carbonyl (C=O) groups excluding carboxylic acids is 1. The summed E-state index contributed by atoms with van der Waals surface area (Å²) in [6.07, 6.45) is 1.61. The molecule has 1 N–H and O–H groups in total. The highest BCUT2D eigenvalue weighted by atomic mass is 35.5. The van der Waals surface area contributed by atoms with Gasteiger partial charge in [-0.15, -0.1) is 0 Å². The summed E-state index contributed by atoms with van der Waals surface area (Å²) in [5, 5.41) is 3.59. The molecule has 0 radical (unpaired) electrons. The van der Waals surface area contributed by atoms with Gasteiger partial charge in [-0.1, -0.05) is 17.7 Å². The van der Waals surface area contributed by atoms with E-state index in [9.17, 15) is 9.18 Å². The quantitative estimate of drug-likeness (QED) is 0.556. The normalized spacial score (nSPS) is 18.5. The number of fused-ring (bicyclic) bond motifs is 1. The number of benzene rings is 2. The first-order valence-corrected chi connectivity index (χ1v) is 10.3. The Morgan fingerprint density at radius 3 is 2.81 bits per heavy atom. The Balaban J connectivity index is 1.67. The molecule has 10 heteroatoms. The topological polar surface area (TPSA) is 85.8 Å². The maximum absolute atomic E-state index is 14.4. The number of methoxy groups -OCH3 is 2. The summed E-state index contributed by atoms with van der Waals surface area (Å²) in [5.74, 6) is 0.467. The number of aromatic nitrogens is 2. The molecule has 0 saturated carbocycles. The van der Waals surface area contributed by atoms with Crippen LogP contribution in [0.3, 0.4) is 0 Å². The molecular formula is C22H22ClFN4O4. The van der Waals surface area contributed by atoms with Crippen LogP contribution in [0, 0.1) is 5.82 Å². The van der Waals surface area contributed by atoms with Crippen molar-refractivity contribution in [3.63, 3.8) is 0 Å². The van der Waals surface area contributed by atoms with E-state index < -0.39 is 5.82 Å². The number of likely N-dealkylation sites (N-methyl/N-ethyl adjacent to an activating group) is 1. The second kappa shape index (κ2) is 9.13. The number of carbonyl (C=O) groups is 1. The third kappa shape index (κ3) is 4.26. The number of nitrogens with zero attached hydrogens (tertiary/aromatic N) is 3. The van der Waals surface area contributed by atoms with Crippen molar-refractivity contribution in [1.29, 1.82) is 0 Å². The molecule has 1 aromatic heterocycles. The molecule has 1 saturated heterocycles. The van der Waals surface area contributed by atoms with Gasteiger partial charge in [-0.25, -0.2) is 14.4 Å². The highest BCUT2D eigenvalue weighted by Crippen LogP contribution is 2.37. The molecule has 8 nitrogen and oxygen atoms in total. The Kier molecular flexibility index (Phi) is 6.29. The van der Waals surface area contributed by atoms with E-state index in [4.69, 9.17) is 25.8 Å². The predicted octanol–water partition coefficient (Wildman–Crippen LogP) is 3.80. The predicted molar refractivity (Wildman–Crippen MR) is 118 cm³/mol. The molecule has 2 heterocycles. The monoisotopic (exact) mass is 460 g/mol. The van der Waals surface area contributed by atoms with E-state index in [1.165, 1.54) is 26.6 Å². The van der Waals surface area contributed by atoms with E-state index in [1.54, 1.807) is 24.3 Å². The van der Waals surface area contributed by atoms with Gasteiger partial charge in [0.15, 0.2) is 17.3 Å². The fourth-order valence-corrected chi connectivity index (χ4v) is 3.95. The molecule has 0 unspecified atom stereocenters. The number of anilines is 2. The Morgan fingerprint density at radius 2 is 2.06 bits per heavy atom. The zero-order chi connectivity index (χ0) is 22.8. The average Bonchev–Trinajstić information content (AvgIpc) is 3.16. The van der Waals surface area contributed by atoms with Gasteiger partial charge in [0.2, 0.25) is 0 Å². The molecule has 2 atom stereocenters. The van der Waals surface area contributed by atoms with Crippen molar-refractivity contribution in [3.8, 4) is 11.5 Å². The van der Waals surface area contributed by atoms with Crippen LogP contribution < -0.4 is 14.8 Å². The van der Waals surface area contributed by atoms with E-state index >= 15 is 0 Å². The lowest BCUT2D eigenvalue weighted by atomic mass is 10.1. The molecule has 1 fully saturated rings. The van der Waals surface area contributed by atoms with Crippen molar-refractivity contribution in [3.05, 3.63) is 47.5 Å². The molecule has 2 aromatic carbocycles. The maximum Gasteiger partial charge on any atom is 0.323 e. The van der Waals surface area contributed by atoms with Crippen LogP contribution in [-0.4, -0.2) is 60.8 Å². The van der Waals surface area contributed by atoms with E-state index in [2.05, 4.69) is 15.3 Å². The highest BCUT2D eigenvalue weighted by molar-refractivity contribution is 6.31. The van der Waals surface area contributed by atoms with Gasteiger partial charge in [-0.2, -0.15) is 0 Å². The lowest BCUT2D eigenvalue weighted by Crippen LogP contribution is -2.33.